The van der Waals surface area contributed by atoms with Gasteiger partial charge in [0.1, 0.15) is 48.8 Å². The smallest absolute Gasteiger partial charge is 0.187 e. The van der Waals surface area contributed by atoms with E-state index in [2.05, 4.69) is 10.6 Å². The predicted molar refractivity (Wildman–Crippen MR) is 177 cm³/mol. The molecule has 0 radical (unpaired) electrons. The van der Waals surface area contributed by atoms with E-state index < -0.39 is 124 Å². The fourth-order valence-corrected chi connectivity index (χ4v) is 7.34. The van der Waals surface area contributed by atoms with Gasteiger partial charge in [-0.3, -0.25) is 0 Å². The summed E-state index contributed by atoms with van der Waals surface area (Å²) in [5.74, 6) is 0.511. The van der Waals surface area contributed by atoms with Gasteiger partial charge in [0, 0.05) is 31.2 Å². The molecule has 0 aromatic heterocycles. The lowest BCUT2D eigenvalue weighted by molar-refractivity contribution is -0.284. The van der Waals surface area contributed by atoms with Crippen molar-refractivity contribution in [3.8, 4) is 0 Å². The normalized spacial score (nSPS) is 47.5. The third-order valence-electron chi connectivity index (χ3n) is 10.5. The highest BCUT2D eigenvalue weighted by atomic mass is 16.8. The van der Waals surface area contributed by atoms with Crippen molar-refractivity contribution >= 4 is 0 Å². The van der Waals surface area contributed by atoms with Gasteiger partial charge in [-0.05, 0) is 31.7 Å². The largest absolute Gasteiger partial charge is 0.395 e. The molecule has 2 aliphatic carbocycles. The van der Waals surface area contributed by atoms with Crippen LogP contribution in [0.15, 0.2) is 12.2 Å². The van der Waals surface area contributed by atoms with Gasteiger partial charge >= 0.3 is 0 Å². The number of hydrogen-bond acceptors (Lipinski definition) is 20. The molecule has 5 rings (SSSR count). The van der Waals surface area contributed by atoms with Crippen LogP contribution in [0.3, 0.4) is 0 Å². The van der Waals surface area contributed by atoms with Crippen LogP contribution in [0.25, 0.3) is 0 Å². The molecule has 4 fully saturated rings. The molecule has 20 heteroatoms. The van der Waals surface area contributed by atoms with Crippen LogP contribution in [0.2, 0.25) is 0 Å². The fraction of sp³-hybridized carbons (Fsp3) is 0.935. The summed E-state index contributed by atoms with van der Waals surface area (Å²) in [5.41, 5.74) is 30.6. The summed E-state index contributed by atoms with van der Waals surface area (Å²) in [7, 11) is 0. The molecule has 0 amide bonds. The minimum atomic E-state index is -1.60. The second-order valence-corrected chi connectivity index (χ2v) is 14.3. The Morgan fingerprint density at radius 2 is 1.37 bits per heavy atom. The second-order valence-electron chi connectivity index (χ2n) is 14.3. The lowest BCUT2D eigenvalue weighted by Gasteiger charge is -2.46. The number of hydrogen-bond donors (Lipinski definition) is 14. The Morgan fingerprint density at radius 3 is 2.02 bits per heavy atom. The minimum absolute atomic E-state index is 0.126. The lowest BCUT2D eigenvalue weighted by atomic mass is 9.81. The van der Waals surface area contributed by atoms with E-state index in [0.29, 0.717) is 12.5 Å². The highest BCUT2D eigenvalue weighted by Crippen LogP contribution is 2.34. The molecule has 2 saturated heterocycles. The molecule has 3 aliphatic heterocycles. The standard InChI is InChI=1S/C31H59N7O13/c32-6-19-23(43)24(44)21(36)30(47-19)50-27-20(11-41)48-31(25(27)45)51-28-22(42)18(38-14(9-39)10-40)5-17(35)26(28)49-29-16(34)2-1-15(46-29)8-37-7-12-3-13(33)4-12/h1-2,12-31,37-45H,3-11,32-36H2/t12?,13?,15-,16+,17-,18+,19-,20+,21+,22-,23+,24+,25+,26+,27+,28+,29+,30+,31-/m0/s1. The van der Waals surface area contributed by atoms with Crippen molar-refractivity contribution in [2.24, 2.45) is 34.6 Å². The van der Waals surface area contributed by atoms with Crippen molar-refractivity contribution in [3.63, 3.8) is 0 Å². The average Bonchev–Trinajstić information content (AvgIpc) is 3.40. The number of aliphatic hydroxyl groups excluding tert-OH is 7. The van der Waals surface area contributed by atoms with E-state index in [9.17, 15) is 35.7 Å². The summed E-state index contributed by atoms with van der Waals surface area (Å²) in [6.07, 6.45) is -10.3. The van der Waals surface area contributed by atoms with Gasteiger partial charge in [0.25, 0.3) is 0 Å². The van der Waals surface area contributed by atoms with Crippen LogP contribution in [0.4, 0.5) is 0 Å². The van der Waals surface area contributed by atoms with Gasteiger partial charge in [-0.25, -0.2) is 0 Å². The topological polar surface area (TPSA) is 351 Å². The number of aliphatic hydroxyl groups is 7. The van der Waals surface area contributed by atoms with E-state index >= 15 is 0 Å². The SMILES string of the molecule is NC[C@@H]1O[C@H](O[C@H]2[C@@H](O)[C@H](O[C@@H]3[C@@H](O)[C@H](NC(CO)CO)C[C@H](N)[C@H]3O[C@H]3O[C@H](CNCC4CC(N)C4)C=C[C@H]3N)O[C@@H]2CO)[C@H](N)[C@@H](O)[C@@H]1O. The predicted octanol–water partition coefficient (Wildman–Crippen LogP) is -7.71. The minimum Gasteiger partial charge on any atom is -0.395 e. The lowest BCUT2D eigenvalue weighted by Crippen LogP contribution is -2.67. The summed E-state index contributed by atoms with van der Waals surface area (Å²) in [6.45, 7) is -0.365. The third-order valence-corrected chi connectivity index (χ3v) is 10.5. The van der Waals surface area contributed by atoms with Crippen LogP contribution in [0.1, 0.15) is 19.3 Å². The highest BCUT2D eigenvalue weighted by molar-refractivity contribution is 5.06. The molecule has 17 atom stereocenters. The first-order valence-corrected chi connectivity index (χ1v) is 17.7. The number of rotatable bonds is 16. The molecular weight excluding hydrogens is 678 g/mol. The summed E-state index contributed by atoms with van der Waals surface area (Å²) < 4.78 is 36.2. The van der Waals surface area contributed by atoms with E-state index in [1.54, 1.807) is 6.08 Å². The van der Waals surface area contributed by atoms with Crippen LogP contribution in [0, 0.1) is 5.92 Å². The van der Waals surface area contributed by atoms with Crippen molar-refractivity contribution in [2.45, 2.75) is 135 Å². The summed E-state index contributed by atoms with van der Waals surface area (Å²) in [6, 6.07) is -4.10. The molecule has 0 unspecified atom stereocenters. The van der Waals surface area contributed by atoms with E-state index in [4.69, 9.17) is 57.1 Å². The van der Waals surface area contributed by atoms with E-state index in [0.717, 1.165) is 19.4 Å². The molecule has 0 spiro atoms. The maximum absolute atomic E-state index is 11.7. The zero-order valence-corrected chi connectivity index (χ0v) is 28.5. The van der Waals surface area contributed by atoms with Gasteiger partial charge < -0.3 is 103 Å². The van der Waals surface area contributed by atoms with Crippen LogP contribution in [-0.2, 0) is 28.4 Å². The van der Waals surface area contributed by atoms with Crippen LogP contribution < -0.4 is 39.3 Å². The quantitative estimate of drug-likeness (QED) is 0.0654. The van der Waals surface area contributed by atoms with Crippen molar-refractivity contribution < 1.29 is 64.2 Å². The molecule has 0 aromatic rings. The van der Waals surface area contributed by atoms with E-state index in [1.807, 2.05) is 6.08 Å². The summed E-state index contributed by atoms with van der Waals surface area (Å²) in [5, 5.41) is 79.6. The van der Waals surface area contributed by atoms with Crippen molar-refractivity contribution in [2.75, 3.05) is 39.5 Å². The van der Waals surface area contributed by atoms with Gasteiger partial charge in [0.05, 0.1) is 50.2 Å². The van der Waals surface area contributed by atoms with E-state index in [1.165, 1.54) is 0 Å². The number of ether oxygens (including phenoxy) is 6. The molecule has 19 N–H and O–H groups in total. The monoisotopic (exact) mass is 737 g/mol. The van der Waals surface area contributed by atoms with Crippen LogP contribution in [0.5, 0.6) is 0 Å². The van der Waals surface area contributed by atoms with Gasteiger partial charge in [-0.1, -0.05) is 12.2 Å². The molecule has 0 bridgehead atoms. The van der Waals surface area contributed by atoms with Crippen molar-refractivity contribution in [1.82, 2.24) is 10.6 Å². The summed E-state index contributed by atoms with van der Waals surface area (Å²) >= 11 is 0. The molecule has 51 heavy (non-hydrogen) atoms. The van der Waals surface area contributed by atoms with Crippen molar-refractivity contribution in [1.29, 1.82) is 0 Å². The zero-order valence-electron chi connectivity index (χ0n) is 28.5. The first-order chi connectivity index (χ1) is 24.4. The zero-order chi connectivity index (χ0) is 37.0. The van der Waals surface area contributed by atoms with Crippen LogP contribution >= 0.6 is 0 Å². The molecule has 0 aromatic carbocycles. The highest BCUT2D eigenvalue weighted by Gasteiger charge is 2.54. The Hall–Kier alpha value is -1.06. The maximum atomic E-state index is 11.7. The van der Waals surface area contributed by atoms with Gasteiger partial charge in [-0.15, -0.1) is 0 Å². The Balaban J connectivity index is 1.29. The molecule has 296 valence electrons. The molecule has 3 heterocycles. The third kappa shape index (κ3) is 9.61. The van der Waals surface area contributed by atoms with Gasteiger partial charge in [-0.2, -0.15) is 0 Å². The Bertz CT molecular complexity index is 1090. The fourth-order valence-electron chi connectivity index (χ4n) is 7.34. The molecule has 2 saturated carbocycles. The Labute approximate surface area is 296 Å². The Morgan fingerprint density at radius 1 is 0.706 bits per heavy atom. The molecular formula is C31H59N7O13. The van der Waals surface area contributed by atoms with Gasteiger partial charge in [0.2, 0.25) is 0 Å². The maximum Gasteiger partial charge on any atom is 0.187 e. The second kappa shape index (κ2) is 18.5. The van der Waals surface area contributed by atoms with Gasteiger partial charge in [0.15, 0.2) is 18.9 Å². The molecule has 5 aliphatic rings. The summed E-state index contributed by atoms with van der Waals surface area (Å²) in [4.78, 5) is 0. The van der Waals surface area contributed by atoms with Crippen molar-refractivity contribution in [3.05, 3.63) is 12.2 Å². The van der Waals surface area contributed by atoms with Crippen LogP contribution in [-0.4, -0.2) is 191 Å². The first kappa shape index (κ1) is 41.1. The number of nitrogens with two attached hydrogens (primary N) is 5. The number of nitrogens with one attached hydrogen (secondary N) is 2. The molecule has 20 nitrogen and oxygen atoms in total. The van der Waals surface area contributed by atoms with E-state index in [-0.39, 0.29) is 25.1 Å². The first-order valence-electron chi connectivity index (χ1n) is 17.7. The average molecular weight is 738 g/mol. The Kier molecular flexibility index (Phi) is 14.9.